The van der Waals surface area contributed by atoms with Gasteiger partial charge in [-0.25, -0.2) is 0 Å². The number of thioether (sulfide) groups is 1. The van der Waals surface area contributed by atoms with Crippen molar-refractivity contribution in [2.45, 2.75) is 4.90 Å². The molecule has 2 rings (SSSR count). The maximum atomic E-state index is 12.2. The summed E-state index contributed by atoms with van der Waals surface area (Å²) in [5.74, 6) is -0.768. The molecule has 0 bridgehead atoms. The zero-order valence-electron chi connectivity index (χ0n) is 15.3. The Kier molecular flexibility index (Phi) is 7.80. The van der Waals surface area contributed by atoms with E-state index in [4.69, 9.17) is 11.6 Å². The minimum atomic E-state index is -0.605. The number of nitro groups is 1. The average molecular weight is 423 g/mol. The highest BCUT2D eigenvalue weighted by Crippen LogP contribution is 2.27. The number of anilines is 2. The molecule has 0 aliphatic carbocycles. The van der Waals surface area contributed by atoms with Gasteiger partial charge in [0.25, 0.3) is 5.69 Å². The second kappa shape index (κ2) is 10.1. The maximum absolute atomic E-state index is 12.2. The summed E-state index contributed by atoms with van der Waals surface area (Å²) in [6, 6.07) is 11.3. The predicted molar refractivity (Wildman–Crippen MR) is 111 cm³/mol. The molecule has 0 aromatic heterocycles. The Morgan fingerprint density at radius 1 is 1.11 bits per heavy atom. The van der Waals surface area contributed by atoms with Crippen LogP contribution in [0.4, 0.5) is 17.1 Å². The molecule has 0 aliphatic heterocycles. The van der Waals surface area contributed by atoms with Crippen LogP contribution in [-0.4, -0.2) is 48.0 Å². The molecule has 2 aromatic rings. The van der Waals surface area contributed by atoms with Gasteiger partial charge in [0.2, 0.25) is 11.8 Å². The first-order chi connectivity index (χ1) is 13.3. The van der Waals surface area contributed by atoms with Gasteiger partial charge in [-0.1, -0.05) is 23.7 Å². The van der Waals surface area contributed by atoms with Gasteiger partial charge in [0.05, 0.1) is 23.7 Å². The SMILES string of the molecule is CSc1ccccc1NC(=O)CN(C)CC(=O)Nc1cc(Cl)ccc1[N+](=O)[O-]. The fraction of sp³-hybridized carbons (Fsp3) is 0.222. The number of nitro benzene ring substituents is 1. The largest absolute Gasteiger partial charge is 0.324 e. The molecule has 0 spiro atoms. The maximum Gasteiger partial charge on any atom is 0.292 e. The summed E-state index contributed by atoms with van der Waals surface area (Å²) in [5, 5.41) is 16.6. The first kappa shape index (κ1) is 21.7. The summed E-state index contributed by atoms with van der Waals surface area (Å²) >= 11 is 7.36. The molecule has 148 valence electrons. The van der Waals surface area contributed by atoms with E-state index in [9.17, 15) is 19.7 Å². The van der Waals surface area contributed by atoms with E-state index in [1.54, 1.807) is 13.1 Å². The van der Waals surface area contributed by atoms with E-state index in [0.717, 1.165) is 4.90 Å². The molecule has 0 atom stereocenters. The van der Waals surface area contributed by atoms with E-state index in [1.807, 2.05) is 24.5 Å². The number of carbonyl (C=O) groups excluding carboxylic acids is 2. The van der Waals surface area contributed by atoms with Crippen LogP contribution in [0.15, 0.2) is 47.4 Å². The van der Waals surface area contributed by atoms with E-state index in [-0.39, 0.29) is 35.4 Å². The van der Waals surface area contributed by atoms with Crippen LogP contribution in [0.2, 0.25) is 5.02 Å². The smallest absolute Gasteiger partial charge is 0.292 e. The van der Waals surface area contributed by atoms with Gasteiger partial charge in [0.15, 0.2) is 0 Å². The zero-order valence-corrected chi connectivity index (χ0v) is 16.8. The van der Waals surface area contributed by atoms with Crippen LogP contribution in [0.25, 0.3) is 0 Å². The highest BCUT2D eigenvalue weighted by atomic mass is 35.5. The lowest BCUT2D eigenvalue weighted by Crippen LogP contribution is -2.36. The molecule has 0 fully saturated rings. The van der Waals surface area contributed by atoms with Gasteiger partial charge >= 0.3 is 0 Å². The number of benzene rings is 2. The second-order valence-electron chi connectivity index (χ2n) is 5.89. The Morgan fingerprint density at radius 2 is 1.71 bits per heavy atom. The van der Waals surface area contributed by atoms with E-state index in [2.05, 4.69) is 10.6 Å². The van der Waals surface area contributed by atoms with Crippen LogP contribution in [0.3, 0.4) is 0 Å². The molecule has 28 heavy (non-hydrogen) atoms. The molecule has 0 heterocycles. The lowest BCUT2D eigenvalue weighted by atomic mass is 10.2. The fourth-order valence-corrected chi connectivity index (χ4v) is 3.17. The van der Waals surface area contributed by atoms with Gasteiger partial charge in [0, 0.05) is 16.0 Å². The number of nitrogens with one attached hydrogen (secondary N) is 2. The van der Waals surface area contributed by atoms with Crippen molar-refractivity contribution in [3.63, 3.8) is 0 Å². The summed E-state index contributed by atoms with van der Waals surface area (Å²) in [7, 11) is 1.60. The molecule has 2 amide bonds. The third kappa shape index (κ3) is 6.22. The van der Waals surface area contributed by atoms with Crippen molar-refractivity contribution in [2.75, 3.05) is 37.0 Å². The Hall–Kier alpha value is -2.62. The molecule has 2 N–H and O–H groups in total. The van der Waals surface area contributed by atoms with E-state index in [0.29, 0.717) is 5.69 Å². The normalized spacial score (nSPS) is 10.6. The first-order valence-corrected chi connectivity index (χ1v) is 9.75. The average Bonchev–Trinajstić information content (AvgIpc) is 2.61. The van der Waals surface area contributed by atoms with Crippen molar-refractivity contribution in [3.8, 4) is 0 Å². The highest BCUT2D eigenvalue weighted by molar-refractivity contribution is 7.98. The number of halogens is 1. The van der Waals surface area contributed by atoms with Gasteiger partial charge in [-0.2, -0.15) is 0 Å². The number of hydrogen-bond acceptors (Lipinski definition) is 6. The summed E-state index contributed by atoms with van der Waals surface area (Å²) < 4.78 is 0. The number of amides is 2. The number of para-hydroxylation sites is 1. The van der Waals surface area contributed by atoms with Crippen molar-refractivity contribution < 1.29 is 14.5 Å². The Bertz CT molecular complexity index is 894. The van der Waals surface area contributed by atoms with E-state index >= 15 is 0 Å². The summed E-state index contributed by atoms with van der Waals surface area (Å²) in [5.41, 5.74) is 0.452. The molecule has 0 aliphatic rings. The summed E-state index contributed by atoms with van der Waals surface area (Å²) in [6.45, 7) is -0.144. The third-order valence-electron chi connectivity index (χ3n) is 3.64. The van der Waals surface area contributed by atoms with E-state index in [1.165, 1.54) is 34.9 Å². The van der Waals surface area contributed by atoms with Gasteiger partial charge in [-0.3, -0.25) is 24.6 Å². The molecule has 8 nitrogen and oxygen atoms in total. The van der Waals surface area contributed by atoms with Crippen LogP contribution in [0, 0.1) is 10.1 Å². The Balaban J connectivity index is 1.93. The van der Waals surface area contributed by atoms with Crippen molar-refractivity contribution in [1.82, 2.24) is 4.90 Å². The quantitative estimate of drug-likeness (QED) is 0.383. The number of likely N-dealkylation sites (N-methyl/N-ethyl adjacent to an activating group) is 1. The van der Waals surface area contributed by atoms with Crippen molar-refractivity contribution in [2.24, 2.45) is 0 Å². The molecular formula is C18H19ClN4O4S. The third-order valence-corrected chi connectivity index (χ3v) is 4.67. The van der Waals surface area contributed by atoms with Crippen LogP contribution in [0.1, 0.15) is 0 Å². The van der Waals surface area contributed by atoms with Gasteiger partial charge < -0.3 is 10.6 Å². The Morgan fingerprint density at radius 3 is 2.32 bits per heavy atom. The van der Waals surface area contributed by atoms with Crippen molar-refractivity contribution in [1.29, 1.82) is 0 Å². The molecule has 0 saturated carbocycles. The van der Waals surface area contributed by atoms with Crippen LogP contribution < -0.4 is 10.6 Å². The van der Waals surface area contributed by atoms with Crippen LogP contribution >= 0.6 is 23.4 Å². The topological polar surface area (TPSA) is 105 Å². The van der Waals surface area contributed by atoms with E-state index < -0.39 is 10.8 Å². The molecule has 0 radical (unpaired) electrons. The van der Waals surface area contributed by atoms with Crippen LogP contribution in [0.5, 0.6) is 0 Å². The molecule has 0 saturated heterocycles. The molecule has 0 unspecified atom stereocenters. The highest BCUT2D eigenvalue weighted by Gasteiger charge is 2.18. The minimum absolute atomic E-state index is 0.00856. The van der Waals surface area contributed by atoms with Crippen molar-refractivity contribution >= 4 is 52.2 Å². The predicted octanol–water partition coefficient (Wildman–Crippen LogP) is 3.48. The second-order valence-corrected chi connectivity index (χ2v) is 7.17. The molecule has 2 aromatic carbocycles. The number of rotatable bonds is 8. The number of carbonyl (C=O) groups is 2. The lowest BCUT2D eigenvalue weighted by molar-refractivity contribution is -0.383. The standard InChI is InChI=1S/C18H19ClN4O4S/c1-22(10-17(24)20-13-5-3-4-6-16(13)28-2)11-18(25)21-14-9-12(19)7-8-15(14)23(26)27/h3-9H,10-11H2,1-2H3,(H,20,24)(H,21,25). The lowest BCUT2D eigenvalue weighted by Gasteiger charge is -2.17. The number of nitrogens with zero attached hydrogens (tertiary/aromatic N) is 2. The van der Waals surface area contributed by atoms with Gasteiger partial charge in [-0.15, -0.1) is 11.8 Å². The van der Waals surface area contributed by atoms with Crippen molar-refractivity contribution in [3.05, 3.63) is 57.6 Å². The van der Waals surface area contributed by atoms with Gasteiger partial charge in [0.1, 0.15) is 5.69 Å². The fourth-order valence-electron chi connectivity index (χ4n) is 2.44. The number of hydrogen-bond donors (Lipinski definition) is 2. The molecular weight excluding hydrogens is 404 g/mol. The Labute approximate surface area is 171 Å². The summed E-state index contributed by atoms with van der Waals surface area (Å²) in [6.07, 6.45) is 1.91. The van der Waals surface area contributed by atoms with Gasteiger partial charge in [-0.05, 0) is 37.6 Å². The minimum Gasteiger partial charge on any atom is -0.324 e. The zero-order chi connectivity index (χ0) is 20.7. The first-order valence-electron chi connectivity index (χ1n) is 8.15. The summed E-state index contributed by atoms with van der Waals surface area (Å²) in [4.78, 5) is 37.3. The monoisotopic (exact) mass is 422 g/mol. The van der Waals surface area contributed by atoms with Crippen LogP contribution in [-0.2, 0) is 9.59 Å². The molecule has 10 heteroatoms.